The number of hydrogen-bond acceptors (Lipinski definition) is 11. The van der Waals surface area contributed by atoms with E-state index in [9.17, 15) is 23.8 Å². The zero-order valence-corrected chi connectivity index (χ0v) is 20.6. The lowest BCUT2D eigenvalue weighted by molar-refractivity contribution is -0.298. The van der Waals surface area contributed by atoms with E-state index in [1.54, 1.807) is 0 Å². The summed E-state index contributed by atoms with van der Waals surface area (Å²) in [5, 5.41) is 2.72. The molecule has 4 atom stereocenters. The summed E-state index contributed by atoms with van der Waals surface area (Å²) < 4.78 is 32.8. The molecule has 35 heavy (non-hydrogen) atoms. The van der Waals surface area contributed by atoms with Crippen LogP contribution in [-0.2, 0) is 32.9 Å². The number of carbonyl (C=O) groups excluding carboxylic acids is 1. The summed E-state index contributed by atoms with van der Waals surface area (Å²) in [6.45, 7) is 1.09. The van der Waals surface area contributed by atoms with Gasteiger partial charge in [-0.2, -0.15) is 4.67 Å². The number of phosphoric ester groups is 1. The number of hydrogen-bond donors (Lipinski definition) is 3. The summed E-state index contributed by atoms with van der Waals surface area (Å²) in [5.41, 5.74) is 3.98. The Morgan fingerprint density at radius 2 is 2.09 bits per heavy atom. The van der Waals surface area contributed by atoms with Crippen LogP contribution >= 0.6 is 7.82 Å². The number of rotatable bonds is 15. The molecule has 0 radical (unpaired) electrons. The van der Waals surface area contributed by atoms with Crippen LogP contribution in [0.4, 0.5) is 0 Å². The normalized spacial score (nSPS) is 21.9. The van der Waals surface area contributed by atoms with Crippen molar-refractivity contribution in [3.63, 3.8) is 0 Å². The molecule has 2 rings (SSSR count). The van der Waals surface area contributed by atoms with Gasteiger partial charge < -0.3 is 29.9 Å². The molecular formula is C20H32N4O10P-. The molecule has 0 spiro atoms. The molecule has 1 aromatic heterocycles. The molecule has 0 saturated carbocycles. The Morgan fingerprint density at radius 1 is 1.34 bits per heavy atom. The van der Waals surface area contributed by atoms with Crippen molar-refractivity contribution in [3.05, 3.63) is 38.7 Å². The number of aromatic nitrogens is 2. The highest BCUT2D eigenvalue weighted by molar-refractivity contribution is 7.45. The topological polar surface area (TPSA) is 196 Å². The fraction of sp³-hybridized carbons (Fsp3) is 0.650. The standard InChI is InChI=1S/C20H33N4O10P/c1-30-13-16-15(33-35(28,29)34-31-2)11-18(32-16)24-12-14(19(26)23-20(24)27)7-8-17(25)22-10-6-4-3-5-9-21/h7-8,12,15-16,18H,3-6,9-11,13,21H2,1-2H3,(H,22,25)(H,28,29)(H,23,26,27)/p-1/b8-7+/t15?,16-,18-/m1/s1. The first-order valence-electron chi connectivity index (χ1n) is 11.1. The lowest BCUT2D eigenvalue weighted by atomic mass is 10.2. The van der Waals surface area contributed by atoms with Crippen molar-refractivity contribution < 1.29 is 37.8 Å². The third-order valence-corrected chi connectivity index (χ3v) is 5.95. The molecule has 1 aliphatic rings. The minimum atomic E-state index is -4.80. The Hall–Kier alpha value is -2.16. The quantitative estimate of drug-likeness (QED) is 0.0892. The van der Waals surface area contributed by atoms with Gasteiger partial charge in [0.25, 0.3) is 13.4 Å². The number of nitrogens with one attached hydrogen (secondary N) is 2. The maximum absolute atomic E-state index is 12.4. The van der Waals surface area contributed by atoms with Crippen molar-refractivity contribution in [2.24, 2.45) is 5.73 Å². The summed E-state index contributed by atoms with van der Waals surface area (Å²) in [4.78, 5) is 54.8. The molecule has 4 N–H and O–H groups in total. The maximum Gasteiger partial charge on any atom is 0.330 e. The Morgan fingerprint density at radius 3 is 2.77 bits per heavy atom. The van der Waals surface area contributed by atoms with E-state index < -0.39 is 43.4 Å². The number of phosphoric acid groups is 1. The van der Waals surface area contributed by atoms with Gasteiger partial charge in [0.05, 0.1) is 25.4 Å². The summed E-state index contributed by atoms with van der Waals surface area (Å²) >= 11 is 0. The molecule has 1 aromatic rings. The molecule has 0 aromatic carbocycles. The monoisotopic (exact) mass is 519 g/mol. The van der Waals surface area contributed by atoms with Gasteiger partial charge in [-0.1, -0.05) is 12.8 Å². The molecule has 198 valence electrons. The fourth-order valence-corrected chi connectivity index (χ4v) is 4.23. The lowest BCUT2D eigenvalue weighted by Crippen LogP contribution is -2.33. The SMILES string of the molecule is COC[C@H]1O[C@@H](n2cc(/C=C/C(=O)NCCCCCCN)c(=O)[nH]c2=O)CC1OP(=O)([O-])OOC. The minimum absolute atomic E-state index is 0.0242. The Bertz CT molecular complexity index is 1010. The number of unbranched alkanes of at least 4 members (excludes halogenated alkanes) is 3. The highest BCUT2D eigenvalue weighted by Gasteiger charge is 2.40. The first-order chi connectivity index (χ1) is 16.7. The third kappa shape index (κ3) is 9.43. The molecule has 15 heteroatoms. The van der Waals surface area contributed by atoms with E-state index in [1.165, 1.54) is 25.5 Å². The highest BCUT2D eigenvalue weighted by atomic mass is 31.2. The summed E-state index contributed by atoms with van der Waals surface area (Å²) in [6.07, 6.45) is 4.39. The van der Waals surface area contributed by atoms with Crippen LogP contribution in [-0.4, -0.2) is 61.6 Å². The van der Waals surface area contributed by atoms with Crippen LogP contribution in [0.3, 0.4) is 0 Å². The number of aromatic amines is 1. The second-order valence-electron chi connectivity index (χ2n) is 7.73. The van der Waals surface area contributed by atoms with E-state index >= 15 is 0 Å². The number of nitrogens with two attached hydrogens (primary N) is 1. The van der Waals surface area contributed by atoms with E-state index in [2.05, 4.69) is 19.9 Å². The van der Waals surface area contributed by atoms with Gasteiger partial charge in [0.1, 0.15) is 12.3 Å². The molecule has 1 saturated heterocycles. The van der Waals surface area contributed by atoms with Crippen molar-refractivity contribution >= 4 is 19.8 Å². The van der Waals surface area contributed by atoms with E-state index in [-0.39, 0.29) is 18.6 Å². The number of amides is 1. The zero-order chi connectivity index (χ0) is 25.8. The van der Waals surface area contributed by atoms with Crippen LogP contribution < -0.4 is 27.2 Å². The second kappa shape index (κ2) is 14.4. The molecule has 0 aliphatic carbocycles. The average Bonchev–Trinajstić information content (AvgIpc) is 3.17. The van der Waals surface area contributed by atoms with Gasteiger partial charge in [-0.05, 0) is 25.5 Å². The molecule has 14 nitrogen and oxygen atoms in total. The fourth-order valence-electron chi connectivity index (χ4n) is 3.46. The molecule has 0 bridgehead atoms. The number of carbonyl (C=O) groups is 1. The Labute approximate surface area is 201 Å². The van der Waals surface area contributed by atoms with Crippen molar-refractivity contribution in [1.82, 2.24) is 14.9 Å². The van der Waals surface area contributed by atoms with E-state index in [0.717, 1.165) is 37.4 Å². The van der Waals surface area contributed by atoms with Crippen LogP contribution in [0.2, 0.25) is 0 Å². The Balaban J connectivity index is 2.09. The van der Waals surface area contributed by atoms with Crippen molar-refractivity contribution in [1.29, 1.82) is 0 Å². The van der Waals surface area contributed by atoms with E-state index in [1.807, 2.05) is 0 Å². The average molecular weight is 519 g/mol. The van der Waals surface area contributed by atoms with Crippen LogP contribution in [0.15, 0.2) is 21.9 Å². The third-order valence-electron chi connectivity index (χ3n) is 5.09. The van der Waals surface area contributed by atoms with Crippen LogP contribution in [0.1, 0.15) is 43.9 Å². The van der Waals surface area contributed by atoms with Crippen molar-refractivity contribution in [3.8, 4) is 0 Å². The van der Waals surface area contributed by atoms with Crippen molar-refractivity contribution in [2.75, 3.05) is 33.9 Å². The smallest absolute Gasteiger partial charge is 0.330 e. The largest absolute Gasteiger partial charge is 0.754 e. The molecule has 1 fully saturated rings. The summed E-state index contributed by atoms with van der Waals surface area (Å²) in [6, 6.07) is 0. The lowest BCUT2D eigenvalue weighted by Gasteiger charge is -2.26. The van der Waals surface area contributed by atoms with Gasteiger partial charge in [0.15, 0.2) is 0 Å². The predicted molar refractivity (Wildman–Crippen MR) is 122 cm³/mol. The molecular weight excluding hydrogens is 487 g/mol. The van der Waals surface area contributed by atoms with E-state index in [4.69, 9.17) is 19.7 Å². The molecule has 1 aliphatic heterocycles. The maximum atomic E-state index is 12.4. The zero-order valence-electron chi connectivity index (χ0n) is 19.7. The highest BCUT2D eigenvalue weighted by Crippen LogP contribution is 2.44. The van der Waals surface area contributed by atoms with Gasteiger partial charge in [-0.15, -0.1) is 0 Å². The summed E-state index contributed by atoms with van der Waals surface area (Å²) in [7, 11) is -2.41. The number of ether oxygens (including phenoxy) is 2. The second-order valence-corrected chi connectivity index (χ2v) is 8.99. The predicted octanol–water partition coefficient (Wildman–Crippen LogP) is -0.449. The molecule has 1 amide bonds. The first kappa shape index (κ1) is 29.1. The van der Waals surface area contributed by atoms with Gasteiger partial charge in [0, 0.05) is 32.3 Å². The summed E-state index contributed by atoms with van der Waals surface area (Å²) in [5.74, 6) is -0.393. The Kier molecular flexibility index (Phi) is 12.0. The molecule has 2 heterocycles. The number of methoxy groups -OCH3 is 1. The van der Waals surface area contributed by atoms with Gasteiger partial charge in [-0.25, -0.2) is 9.68 Å². The van der Waals surface area contributed by atoms with Crippen LogP contribution in [0.5, 0.6) is 0 Å². The van der Waals surface area contributed by atoms with Gasteiger partial charge in [-0.3, -0.25) is 23.7 Å². The van der Waals surface area contributed by atoms with Gasteiger partial charge >= 0.3 is 5.69 Å². The molecule has 2 unspecified atom stereocenters. The minimum Gasteiger partial charge on any atom is -0.754 e. The van der Waals surface area contributed by atoms with Crippen molar-refractivity contribution in [2.45, 2.75) is 50.5 Å². The van der Waals surface area contributed by atoms with E-state index in [0.29, 0.717) is 13.1 Å². The number of H-pyrrole nitrogens is 1. The van der Waals surface area contributed by atoms with Crippen LogP contribution in [0, 0.1) is 0 Å². The van der Waals surface area contributed by atoms with Gasteiger partial charge in [0.2, 0.25) is 5.91 Å². The van der Waals surface area contributed by atoms with Crippen LogP contribution in [0.25, 0.3) is 6.08 Å². The first-order valence-corrected chi connectivity index (χ1v) is 12.5. The number of nitrogens with zero attached hydrogens (tertiary/aromatic N) is 1.